The number of carbonyl (C=O) groups excluding carboxylic acids is 1. The molecule has 8 heteroatoms. The smallest absolute Gasteiger partial charge is 0.314 e. The molecule has 0 aromatic heterocycles. The molecule has 0 atom stereocenters. The molecule has 0 aromatic rings. The molecule has 0 spiro atoms. The molecule has 82 valence electrons. The summed E-state index contributed by atoms with van der Waals surface area (Å²) < 4.78 is 0. The third-order valence-electron chi connectivity index (χ3n) is 1.23. The van der Waals surface area contributed by atoms with E-state index in [-0.39, 0.29) is 12.6 Å². The summed E-state index contributed by atoms with van der Waals surface area (Å²) in [5.41, 5.74) is 5.15. The van der Waals surface area contributed by atoms with Crippen molar-refractivity contribution >= 4 is 6.03 Å². The molecule has 0 heterocycles. The third-order valence-corrected chi connectivity index (χ3v) is 1.23. The summed E-state index contributed by atoms with van der Waals surface area (Å²) in [5, 5.41) is 13.8. The molecule has 0 aliphatic carbocycles. The van der Waals surface area contributed by atoms with Gasteiger partial charge in [0.2, 0.25) is 0 Å². The molecule has 0 aliphatic heterocycles. The van der Waals surface area contributed by atoms with Crippen LogP contribution in [0.25, 0.3) is 0 Å². The van der Waals surface area contributed by atoms with Gasteiger partial charge in [0, 0.05) is 19.6 Å². The van der Waals surface area contributed by atoms with Gasteiger partial charge in [0.15, 0.2) is 0 Å². The van der Waals surface area contributed by atoms with E-state index in [9.17, 15) is 14.9 Å². The maximum absolute atomic E-state index is 10.8. The lowest BCUT2D eigenvalue weighted by atomic mass is 10.4. The molecule has 0 saturated heterocycles. The first-order chi connectivity index (χ1) is 6.66. The zero-order valence-electron chi connectivity index (χ0n) is 7.69. The van der Waals surface area contributed by atoms with Crippen molar-refractivity contribution in [2.45, 2.75) is 6.42 Å². The van der Waals surface area contributed by atoms with Gasteiger partial charge in [-0.1, -0.05) is 0 Å². The molecule has 0 bridgehead atoms. The van der Waals surface area contributed by atoms with Crippen LogP contribution in [0.1, 0.15) is 6.42 Å². The van der Waals surface area contributed by atoms with Crippen molar-refractivity contribution in [2.24, 2.45) is 5.73 Å². The molecule has 8 nitrogen and oxygen atoms in total. The Morgan fingerprint density at radius 3 is 2.64 bits per heavy atom. The molecule has 2 amide bonds. The number of nitrogens with two attached hydrogens (primary N) is 1. The molecular weight excluding hydrogens is 192 g/mol. The summed E-state index contributed by atoms with van der Waals surface area (Å²) >= 11 is 0. The van der Waals surface area contributed by atoms with Gasteiger partial charge in [-0.2, -0.15) is 0 Å². The summed E-state index contributed by atoms with van der Waals surface area (Å²) in [7, 11) is 0. The normalized spacial score (nSPS) is 9.21. The standard InChI is InChI=1S/C6H14N4O4/c7-2-4-9-6(11)8-3-1-5-14-10(12)13/h1-5,7H2,(H2,8,9,11). The van der Waals surface area contributed by atoms with Crippen LogP contribution in [-0.4, -0.2) is 37.4 Å². The highest BCUT2D eigenvalue weighted by atomic mass is 16.9. The molecule has 0 fully saturated rings. The van der Waals surface area contributed by atoms with Crippen LogP contribution in [0.15, 0.2) is 0 Å². The summed E-state index contributed by atoms with van der Waals surface area (Å²) in [6.45, 7) is 1.07. The zero-order valence-corrected chi connectivity index (χ0v) is 7.69. The van der Waals surface area contributed by atoms with Gasteiger partial charge in [0.05, 0.1) is 6.61 Å². The van der Waals surface area contributed by atoms with Crippen LogP contribution in [0.4, 0.5) is 4.79 Å². The van der Waals surface area contributed by atoms with E-state index in [1.54, 1.807) is 0 Å². The lowest BCUT2D eigenvalue weighted by molar-refractivity contribution is -0.757. The molecule has 0 saturated carbocycles. The number of hydrogen-bond acceptors (Lipinski definition) is 5. The average Bonchev–Trinajstić information content (AvgIpc) is 2.13. The number of amides is 2. The van der Waals surface area contributed by atoms with Gasteiger partial charge in [0.1, 0.15) is 0 Å². The second-order valence-electron chi connectivity index (χ2n) is 2.38. The SMILES string of the molecule is NCCNC(=O)NCCCO[N+](=O)[O-]. The number of urea groups is 1. The van der Waals surface area contributed by atoms with Crippen molar-refractivity contribution in [3.63, 3.8) is 0 Å². The predicted octanol–water partition coefficient (Wildman–Crippen LogP) is -1.16. The van der Waals surface area contributed by atoms with Crippen LogP contribution in [0.3, 0.4) is 0 Å². The first kappa shape index (κ1) is 12.4. The van der Waals surface area contributed by atoms with Crippen LogP contribution in [0, 0.1) is 10.1 Å². The average molecular weight is 206 g/mol. The van der Waals surface area contributed by atoms with Crippen molar-refractivity contribution in [2.75, 3.05) is 26.2 Å². The molecule has 14 heavy (non-hydrogen) atoms. The number of hydrogen-bond donors (Lipinski definition) is 3. The Bertz CT molecular complexity index is 187. The van der Waals surface area contributed by atoms with E-state index >= 15 is 0 Å². The van der Waals surface area contributed by atoms with Gasteiger partial charge in [-0.3, -0.25) is 0 Å². The van der Waals surface area contributed by atoms with Crippen molar-refractivity contribution in [3.05, 3.63) is 10.1 Å². The van der Waals surface area contributed by atoms with Crippen LogP contribution in [0.2, 0.25) is 0 Å². The van der Waals surface area contributed by atoms with Gasteiger partial charge < -0.3 is 21.2 Å². The maximum Gasteiger partial charge on any atom is 0.314 e. The second kappa shape index (κ2) is 8.05. The maximum atomic E-state index is 10.8. The predicted molar refractivity (Wildman–Crippen MR) is 48.0 cm³/mol. The molecule has 4 N–H and O–H groups in total. The highest BCUT2D eigenvalue weighted by molar-refractivity contribution is 5.73. The lowest BCUT2D eigenvalue weighted by Gasteiger charge is -2.05. The van der Waals surface area contributed by atoms with Crippen molar-refractivity contribution < 1.29 is 14.7 Å². The minimum Gasteiger partial charge on any atom is -0.338 e. The molecule has 0 radical (unpaired) electrons. The van der Waals surface area contributed by atoms with Crippen LogP contribution in [0.5, 0.6) is 0 Å². The minimum absolute atomic E-state index is 0.0236. The van der Waals surface area contributed by atoms with Crippen LogP contribution >= 0.6 is 0 Å². The number of carbonyl (C=O) groups is 1. The summed E-state index contributed by atoms with van der Waals surface area (Å²) in [5.74, 6) is 0. The van der Waals surface area contributed by atoms with Crippen LogP contribution in [-0.2, 0) is 4.84 Å². The Morgan fingerprint density at radius 1 is 1.43 bits per heavy atom. The molecule has 0 aliphatic rings. The summed E-state index contributed by atoms with van der Waals surface area (Å²) in [6.07, 6.45) is 0.386. The third kappa shape index (κ3) is 8.53. The van der Waals surface area contributed by atoms with E-state index in [1.165, 1.54) is 0 Å². The molecule has 0 unspecified atom stereocenters. The lowest BCUT2D eigenvalue weighted by Crippen LogP contribution is -2.38. The highest BCUT2D eigenvalue weighted by Gasteiger charge is 1.98. The zero-order chi connectivity index (χ0) is 10.8. The van der Waals surface area contributed by atoms with Crippen molar-refractivity contribution in [1.82, 2.24) is 10.6 Å². The first-order valence-electron chi connectivity index (χ1n) is 4.16. The molecule has 0 rings (SSSR count). The van der Waals surface area contributed by atoms with E-state index in [2.05, 4.69) is 15.5 Å². The highest BCUT2D eigenvalue weighted by Crippen LogP contribution is 1.80. The monoisotopic (exact) mass is 206 g/mol. The van der Waals surface area contributed by atoms with Crippen molar-refractivity contribution in [1.29, 1.82) is 0 Å². The van der Waals surface area contributed by atoms with Gasteiger partial charge in [-0.25, -0.2) is 4.79 Å². The Labute approximate surface area is 80.9 Å². The van der Waals surface area contributed by atoms with E-state index in [1.807, 2.05) is 0 Å². The second-order valence-corrected chi connectivity index (χ2v) is 2.38. The Hall–Kier alpha value is -1.57. The molecule has 0 aromatic carbocycles. The number of nitrogens with zero attached hydrogens (tertiary/aromatic N) is 1. The fourth-order valence-corrected chi connectivity index (χ4v) is 0.661. The Kier molecular flexibility index (Phi) is 7.15. The Morgan fingerprint density at radius 2 is 2.07 bits per heavy atom. The largest absolute Gasteiger partial charge is 0.338 e. The summed E-state index contributed by atoms with van der Waals surface area (Å²) in [4.78, 5) is 24.6. The summed E-state index contributed by atoms with van der Waals surface area (Å²) in [6, 6.07) is -0.337. The quantitative estimate of drug-likeness (QED) is 0.276. The van der Waals surface area contributed by atoms with Gasteiger partial charge in [-0.15, -0.1) is 10.1 Å². The first-order valence-corrected chi connectivity index (χ1v) is 4.16. The van der Waals surface area contributed by atoms with E-state index < -0.39 is 5.09 Å². The number of rotatable bonds is 7. The Balaban J connectivity index is 3.19. The van der Waals surface area contributed by atoms with Gasteiger partial charge in [-0.05, 0) is 6.42 Å². The fourth-order valence-electron chi connectivity index (χ4n) is 0.661. The number of nitrogens with one attached hydrogen (secondary N) is 2. The van der Waals surface area contributed by atoms with E-state index in [0.717, 1.165) is 0 Å². The topological polar surface area (TPSA) is 120 Å². The van der Waals surface area contributed by atoms with E-state index in [0.29, 0.717) is 26.1 Å². The minimum atomic E-state index is -0.867. The molecular formula is C6H14N4O4. The van der Waals surface area contributed by atoms with E-state index in [4.69, 9.17) is 5.73 Å². The van der Waals surface area contributed by atoms with Gasteiger partial charge >= 0.3 is 6.03 Å². The van der Waals surface area contributed by atoms with Gasteiger partial charge in [0.25, 0.3) is 5.09 Å². The van der Waals surface area contributed by atoms with Crippen LogP contribution < -0.4 is 16.4 Å². The fraction of sp³-hybridized carbons (Fsp3) is 0.833. The van der Waals surface area contributed by atoms with Crippen molar-refractivity contribution in [3.8, 4) is 0 Å².